The highest BCUT2D eigenvalue weighted by Gasteiger charge is 2.31. The average Bonchev–Trinajstić information content (AvgIpc) is 2.95. The molecule has 0 aliphatic heterocycles. The van der Waals surface area contributed by atoms with Crippen LogP contribution in [0.15, 0.2) is 16.3 Å². The van der Waals surface area contributed by atoms with Gasteiger partial charge in [-0.15, -0.1) is 11.3 Å². The molecular formula is C11H16N2O2S4. The van der Waals surface area contributed by atoms with E-state index in [1.54, 1.807) is 23.9 Å². The molecule has 4 nitrogen and oxygen atoms in total. The molecule has 0 amide bonds. The minimum Gasteiger partial charge on any atom is -0.389 e. The minimum atomic E-state index is -3.46. The Morgan fingerprint density at radius 2 is 2.26 bits per heavy atom. The number of nitrogens with one attached hydrogen (secondary N) is 1. The first kappa shape index (κ1) is 15.2. The molecule has 2 rings (SSSR count). The zero-order chi connectivity index (χ0) is 14.0. The maximum Gasteiger partial charge on any atom is 0.250 e. The van der Waals surface area contributed by atoms with E-state index in [2.05, 4.69) is 4.72 Å². The molecule has 0 saturated heterocycles. The number of thiophene rings is 1. The second kappa shape index (κ2) is 6.09. The topological polar surface area (TPSA) is 72.2 Å². The van der Waals surface area contributed by atoms with Gasteiger partial charge in [0, 0.05) is 11.3 Å². The molecule has 0 aromatic carbocycles. The molecule has 8 heteroatoms. The molecule has 0 spiro atoms. The molecule has 3 N–H and O–H groups in total. The van der Waals surface area contributed by atoms with E-state index in [-0.39, 0.29) is 15.2 Å². The van der Waals surface area contributed by atoms with E-state index in [1.807, 2.05) is 6.26 Å². The number of sulfonamides is 1. The van der Waals surface area contributed by atoms with Crippen LogP contribution in [-0.4, -0.2) is 31.0 Å². The van der Waals surface area contributed by atoms with Gasteiger partial charge in [0.1, 0.15) is 9.20 Å². The first-order valence-electron chi connectivity index (χ1n) is 5.89. The van der Waals surface area contributed by atoms with Crippen LogP contribution in [0.3, 0.4) is 0 Å². The Labute approximate surface area is 127 Å². The summed E-state index contributed by atoms with van der Waals surface area (Å²) >= 11 is 7.69. The largest absolute Gasteiger partial charge is 0.389 e. The number of nitrogens with two attached hydrogens (primary N) is 1. The van der Waals surface area contributed by atoms with E-state index < -0.39 is 10.0 Å². The van der Waals surface area contributed by atoms with Crippen LogP contribution in [0.5, 0.6) is 0 Å². The predicted octanol–water partition coefficient (Wildman–Crippen LogP) is 1.94. The molecule has 1 aromatic heterocycles. The number of hydrogen-bond donors (Lipinski definition) is 2. The maximum absolute atomic E-state index is 12.3. The Balaban J connectivity index is 2.15. The lowest BCUT2D eigenvalue weighted by Gasteiger charge is -2.18. The fourth-order valence-electron chi connectivity index (χ4n) is 2.20. The maximum atomic E-state index is 12.3. The molecule has 1 heterocycles. The lowest BCUT2D eigenvalue weighted by atomic mass is 10.3. The molecule has 19 heavy (non-hydrogen) atoms. The fraction of sp³-hybridized carbons (Fsp3) is 0.545. The summed E-state index contributed by atoms with van der Waals surface area (Å²) in [5.41, 5.74) is 5.50. The fourth-order valence-corrected chi connectivity index (χ4v) is 5.90. The number of thioether (sulfide) groups is 1. The van der Waals surface area contributed by atoms with Crippen LogP contribution in [-0.2, 0) is 10.0 Å². The van der Waals surface area contributed by atoms with Crippen molar-refractivity contribution in [2.75, 3.05) is 6.26 Å². The predicted molar refractivity (Wildman–Crippen MR) is 85.5 cm³/mol. The van der Waals surface area contributed by atoms with Gasteiger partial charge < -0.3 is 5.73 Å². The van der Waals surface area contributed by atoms with Crippen molar-refractivity contribution in [1.82, 2.24) is 4.72 Å². The van der Waals surface area contributed by atoms with Crippen molar-refractivity contribution in [3.8, 4) is 0 Å². The van der Waals surface area contributed by atoms with Crippen molar-refractivity contribution >= 4 is 50.3 Å². The molecule has 106 valence electrons. The number of hydrogen-bond acceptors (Lipinski definition) is 5. The van der Waals surface area contributed by atoms with Gasteiger partial charge >= 0.3 is 0 Å². The van der Waals surface area contributed by atoms with Crippen LogP contribution in [0.2, 0.25) is 0 Å². The van der Waals surface area contributed by atoms with Crippen molar-refractivity contribution in [2.45, 2.75) is 34.8 Å². The van der Waals surface area contributed by atoms with Crippen LogP contribution in [0.25, 0.3) is 0 Å². The summed E-state index contributed by atoms with van der Waals surface area (Å²) in [4.78, 5) is 0.859. The average molecular weight is 337 g/mol. The monoisotopic (exact) mass is 336 g/mol. The molecular weight excluding hydrogens is 320 g/mol. The molecule has 1 aromatic rings. The highest BCUT2D eigenvalue weighted by Crippen LogP contribution is 2.30. The summed E-state index contributed by atoms with van der Waals surface area (Å²) in [5.74, 6) is 0. The van der Waals surface area contributed by atoms with E-state index >= 15 is 0 Å². The van der Waals surface area contributed by atoms with Crippen LogP contribution in [0, 0.1) is 0 Å². The molecule has 2 atom stereocenters. The van der Waals surface area contributed by atoms with Crippen molar-refractivity contribution in [2.24, 2.45) is 5.73 Å². The van der Waals surface area contributed by atoms with Crippen molar-refractivity contribution in [3.63, 3.8) is 0 Å². The van der Waals surface area contributed by atoms with Gasteiger partial charge in [-0.25, -0.2) is 13.1 Å². The lowest BCUT2D eigenvalue weighted by Crippen LogP contribution is -2.38. The van der Waals surface area contributed by atoms with Crippen LogP contribution >= 0.6 is 35.3 Å². The molecule has 1 fully saturated rings. The number of rotatable bonds is 5. The molecule has 0 bridgehead atoms. The molecule has 0 radical (unpaired) electrons. The Morgan fingerprint density at radius 1 is 1.53 bits per heavy atom. The standard InChI is InChI=1S/C11H16N2O2S4/c1-17-8-4-2-3-7(8)13-19(14,15)10-6-5-9(18-10)11(12)16/h5-8,13H,2-4H2,1H3,(H2,12,16). The third-order valence-corrected chi connectivity index (χ3v) is 7.77. The second-order valence-electron chi connectivity index (χ2n) is 4.42. The SMILES string of the molecule is CSC1CCCC1NS(=O)(=O)c1ccc(C(N)=S)s1. The Kier molecular flexibility index (Phi) is 4.88. The molecule has 1 aliphatic carbocycles. The molecule has 1 aliphatic rings. The van der Waals surface area contributed by atoms with Gasteiger partial charge in [-0.1, -0.05) is 18.6 Å². The number of thiocarbonyl (C=S) groups is 1. The zero-order valence-corrected chi connectivity index (χ0v) is 13.7. The van der Waals surface area contributed by atoms with Gasteiger partial charge in [0.15, 0.2) is 0 Å². The Bertz CT molecular complexity index is 567. The van der Waals surface area contributed by atoms with Crippen molar-refractivity contribution in [1.29, 1.82) is 0 Å². The van der Waals surface area contributed by atoms with Crippen molar-refractivity contribution in [3.05, 3.63) is 17.0 Å². The van der Waals surface area contributed by atoms with Crippen LogP contribution in [0.4, 0.5) is 0 Å². The Morgan fingerprint density at radius 3 is 2.84 bits per heavy atom. The zero-order valence-electron chi connectivity index (χ0n) is 10.5. The third-order valence-electron chi connectivity index (χ3n) is 3.15. The van der Waals surface area contributed by atoms with Gasteiger partial charge in [-0.05, 0) is 31.2 Å². The van der Waals surface area contributed by atoms with E-state index in [1.165, 1.54) is 0 Å². The van der Waals surface area contributed by atoms with Gasteiger partial charge in [0.05, 0.1) is 4.88 Å². The first-order chi connectivity index (χ1) is 8.94. The first-order valence-corrected chi connectivity index (χ1v) is 9.88. The van der Waals surface area contributed by atoms with E-state index in [4.69, 9.17) is 18.0 Å². The summed E-state index contributed by atoms with van der Waals surface area (Å²) < 4.78 is 27.7. The van der Waals surface area contributed by atoms with Crippen molar-refractivity contribution < 1.29 is 8.42 Å². The summed E-state index contributed by atoms with van der Waals surface area (Å²) in [6.45, 7) is 0. The molecule has 2 unspecified atom stereocenters. The highest BCUT2D eigenvalue weighted by atomic mass is 32.2. The summed E-state index contributed by atoms with van der Waals surface area (Å²) in [5, 5.41) is 0.366. The summed E-state index contributed by atoms with van der Waals surface area (Å²) in [6.07, 6.45) is 5.06. The minimum absolute atomic E-state index is 0.0235. The van der Waals surface area contributed by atoms with Crippen LogP contribution < -0.4 is 10.5 Å². The van der Waals surface area contributed by atoms with Gasteiger partial charge in [-0.3, -0.25) is 0 Å². The second-order valence-corrected chi connectivity index (χ2v) is 8.96. The smallest absolute Gasteiger partial charge is 0.250 e. The van der Waals surface area contributed by atoms with Gasteiger partial charge in [0.2, 0.25) is 10.0 Å². The normalized spacial score (nSPS) is 23.6. The molecule has 1 saturated carbocycles. The highest BCUT2D eigenvalue weighted by molar-refractivity contribution is 7.99. The Hall–Kier alpha value is -0.150. The van der Waals surface area contributed by atoms with Gasteiger partial charge in [-0.2, -0.15) is 11.8 Å². The lowest BCUT2D eigenvalue weighted by molar-refractivity contribution is 0.557. The van der Waals surface area contributed by atoms with E-state index in [9.17, 15) is 8.42 Å². The van der Waals surface area contributed by atoms with Crippen LogP contribution in [0.1, 0.15) is 24.1 Å². The van der Waals surface area contributed by atoms with E-state index in [0.717, 1.165) is 30.6 Å². The quantitative estimate of drug-likeness (QED) is 0.804. The third kappa shape index (κ3) is 3.49. The van der Waals surface area contributed by atoms with E-state index in [0.29, 0.717) is 10.1 Å². The summed E-state index contributed by atoms with van der Waals surface area (Å²) in [6, 6.07) is 3.24. The summed E-state index contributed by atoms with van der Waals surface area (Å²) in [7, 11) is -3.46. The van der Waals surface area contributed by atoms with Gasteiger partial charge in [0.25, 0.3) is 0 Å².